The normalized spacial score (nSPS) is 10.5. The van der Waals surface area contributed by atoms with Gasteiger partial charge in [-0.25, -0.2) is 0 Å². The van der Waals surface area contributed by atoms with E-state index in [0.29, 0.717) is 22.0 Å². The van der Waals surface area contributed by atoms with E-state index in [-0.39, 0.29) is 28.6 Å². The van der Waals surface area contributed by atoms with Crippen molar-refractivity contribution in [3.63, 3.8) is 0 Å². The zero-order chi connectivity index (χ0) is 21.7. The standard InChI is InChI=1S/C22H16Cl3NO4/c23-17-4-2-1-3-14(17)12-30-15-6-7-18(24)16(11-15)22(29)26-20-8-5-13(9-19(20)25)10-21(27)28/h1-9,11H,10,12H2,(H,26,29)(H,27,28). The van der Waals surface area contributed by atoms with Crippen molar-refractivity contribution in [3.05, 3.63) is 92.4 Å². The Balaban J connectivity index is 1.73. The molecule has 0 aliphatic heterocycles. The Labute approximate surface area is 188 Å². The number of amides is 1. The van der Waals surface area contributed by atoms with E-state index in [1.54, 1.807) is 30.3 Å². The second-order valence-corrected chi connectivity index (χ2v) is 7.58. The van der Waals surface area contributed by atoms with Crippen molar-refractivity contribution in [3.8, 4) is 5.75 Å². The predicted molar refractivity (Wildman–Crippen MR) is 118 cm³/mol. The van der Waals surface area contributed by atoms with E-state index in [2.05, 4.69) is 5.32 Å². The van der Waals surface area contributed by atoms with E-state index in [9.17, 15) is 9.59 Å². The Morgan fingerprint density at radius 3 is 2.37 bits per heavy atom. The summed E-state index contributed by atoms with van der Waals surface area (Å²) in [5.74, 6) is -0.994. The minimum Gasteiger partial charge on any atom is -0.489 e. The number of carbonyl (C=O) groups excluding carboxylic acids is 1. The molecule has 0 aliphatic carbocycles. The summed E-state index contributed by atoms with van der Waals surface area (Å²) in [6.07, 6.45) is -0.162. The van der Waals surface area contributed by atoms with Crippen molar-refractivity contribution in [1.82, 2.24) is 0 Å². The van der Waals surface area contributed by atoms with Gasteiger partial charge >= 0.3 is 5.97 Å². The summed E-state index contributed by atoms with van der Waals surface area (Å²) in [4.78, 5) is 23.5. The molecule has 0 aliphatic rings. The molecule has 30 heavy (non-hydrogen) atoms. The number of halogens is 3. The number of hydrogen-bond acceptors (Lipinski definition) is 3. The molecule has 8 heteroatoms. The fourth-order valence-electron chi connectivity index (χ4n) is 2.68. The molecule has 0 bridgehead atoms. The number of ether oxygens (including phenoxy) is 1. The van der Waals surface area contributed by atoms with Gasteiger partial charge in [0.15, 0.2) is 0 Å². The van der Waals surface area contributed by atoms with Crippen molar-refractivity contribution in [2.75, 3.05) is 5.32 Å². The van der Waals surface area contributed by atoms with Crippen molar-refractivity contribution in [2.45, 2.75) is 13.0 Å². The molecule has 0 heterocycles. The lowest BCUT2D eigenvalue weighted by atomic mass is 10.1. The molecule has 0 saturated heterocycles. The lowest BCUT2D eigenvalue weighted by Gasteiger charge is -2.12. The van der Waals surface area contributed by atoms with Crippen molar-refractivity contribution < 1.29 is 19.4 Å². The summed E-state index contributed by atoms with van der Waals surface area (Å²) in [5, 5.41) is 12.6. The molecule has 3 aromatic carbocycles. The largest absolute Gasteiger partial charge is 0.489 e. The van der Waals surface area contributed by atoms with Gasteiger partial charge in [-0.05, 0) is 42.0 Å². The van der Waals surface area contributed by atoms with Gasteiger partial charge in [0, 0.05) is 10.6 Å². The minimum absolute atomic E-state index is 0.162. The van der Waals surface area contributed by atoms with Crippen molar-refractivity contribution >= 4 is 52.4 Å². The van der Waals surface area contributed by atoms with Gasteiger partial charge in [-0.1, -0.05) is 59.1 Å². The number of carboxylic acids is 1. The van der Waals surface area contributed by atoms with E-state index in [1.165, 1.54) is 12.1 Å². The summed E-state index contributed by atoms with van der Waals surface area (Å²) in [7, 11) is 0. The summed E-state index contributed by atoms with van der Waals surface area (Å²) in [6, 6.07) is 16.7. The molecule has 5 nitrogen and oxygen atoms in total. The average Bonchev–Trinajstić information content (AvgIpc) is 2.70. The van der Waals surface area contributed by atoms with Gasteiger partial charge in [-0.3, -0.25) is 9.59 Å². The molecule has 154 valence electrons. The summed E-state index contributed by atoms with van der Waals surface area (Å²) >= 11 is 18.5. The SMILES string of the molecule is O=C(O)Cc1ccc(NC(=O)c2cc(OCc3ccccc3Cl)ccc2Cl)c(Cl)c1. The second-order valence-electron chi connectivity index (χ2n) is 6.36. The Morgan fingerprint density at radius 1 is 0.900 bits per heavy atom. The fourth-order valence-corrected chi connectivity index (χ4v) is 3.32. The van der Waals surface area contributed by atoms with Crippen LogP contribution in [0.1, 0.15) is 21.5 Å². The number of anilines is 1. The molecule has 2 N–H and O–H groups in total. The molecular formula is C22H16Cl3NO4. The first-order valence-corrected chi connectivity index (χ1v) is 9.94. The maximum Gasteiger partial charge on any atom is 0.307 e. The Kier molecular flexibility index (Phi) is 7.21. The first-order valence-electron chi connectivity index (χ1n) is 8.81. The fraction of sp³-hybridized carbons (Fsp3) is 0.0909. The van der Waals surface area contributed by atoms with Crippen LogP contribution in [0, 0.1) is 0 Å². The van der Waals surface area contributed by atoms with Gasteiger partial charge in [0.05, 0.1) is 27.7 Å². The van der Waals surface area contributed by atoms with Crippen LogP contribution in [0.2, 0.25) is 15.1 Å². The third kappa shape index (κ3) is 5.66. The third-order valence-electron chi connectivity index (χ3n) is 4.17. The van der Waals surface area contributed by atoms with Gasteiger partial charge in [-0.15, -0.1) is 0 Å². The van der Waals surface area contributed by atoms with Crippen LogP contribution in [-0.2, 0) is 17.8 Å². The Hall–Kier alpha value is -2.73. The highest BCUT2D eigenvalue weighted by Gasteiger charge is 2.15. The van der Waals surface area contributed by atoms with Crippen LogP contribution >= 0.6 is 34.8 Å². The van der Waals surface area contributed by atoms with Gasteiger partial charge in [0.25, 0.3) is 5.91 Å². The maximum absolute atomic E-state index is 12.7. The van der Waals surface area contributed by atoms with E-state index >= 15 is 0 Å². The van der Waals surface area contributed by atoms with Crippen LogP contribution < -0.4 is 10.1 Å². The summed E-state index contributed by atoms with van der Waals surface area (Å²) in [5.41, 5.74) is 1.89. The highest BCUT2D eigenvalue weighted by atomic mass is 35.5. The Morgan fingerprint density at radius 2 is 1.67 bits per heavy atom. The lowest BCUT2D eigenvalue weighted by Crippen LogP contribution is -2.13. The molecule has 3 rings (SSSR count). The quantitative estimate of drug-likeness (QED) is 0.442. The Bertz CT molecular complexity index is 1100. The highest BCUT2D eigenvalue weighted by molar-refractivity contribution is 6.36. The molecular weight excluding hydrogens is 449 g/mol. The molecule has 0 radical (unpaired) electrons. The number of rotatable bonds is 7. The molecule has 0 saturated carbocycles. The highest BCUT2D eigenvalue weighted by Crippen LogP contribution is 2.27. The van der Waals surface area contributed by atoms with Crippen LogP contribution in [0.3, 0.4) is 0 Å². The summed E-state index contributed by atoms with van der Waals surface area (Å²) in [6.45, 7) is 0.235. The number of benzene rings is 3. The van der Waals surface area contributed by atoms with Gasteiger partial charge in [0.1, 0.15) is 12.4 Å². The van der Waals surface area contributed by atoms with E-state index < -0.39 is 11.9 Å². The summed E-state index contributed by atoms with van der Waals surface area (Å²) < 4.78 is 5.74. The van der Waals surface area contributed by atoms with E-state index in [1.807, 2.05) is 18.2 Å². The van der Waals surface area contributed by atoms with Crippen LogP contribution in [0.5, 0.6) is 5.75 Å². The van der Waals surface area contributed by atoms with Crippen LogP contribution in [0.25, 0.3) is 0 Å². The van der Waals surface area contributed by atoms with Crippen LogP contribution in [0.15, 0.2) is 60.7 Å². The monoisotopic (exact) mass is 463 g/mol. The first kappa shape index (κ1) is 22.0. The molecule has 3 aromatic rings. The average molecular weight is 465 g/mol. The second kappa shape index (κ2) is 9.85. The van der Waals surface area contributed by atoms with E-state index in [0.717, 1.165) is 5.56 Å². The molecule has 0 aromatic heterocycles. The molecule has 0 atom stereocenters. The molecule has 0 unspecified atom stereocenters. The van der Waals surface area contributed by atoms with Gasteiger partial charge in [0.2, 0.25) is 0 Å². The first-order chi connectivity index (χ1) is 14.3. The predicted octanol–water partition coefficient (Wildman–Crippen LogP) is 6.11. The third-order valence-corrected chi connectivity index (χ3v) is 5.18. The number of hydrogen-bond donors (Lipinski definition) is 2. The van der Waals surface area contributed by atoms with Gasteiger partial charge in [-0.2, -0.15) is 0 Å². The number of carboxylic acid groups (broad SMARTS) is 1. The number of carbonyl (C=O) groups is 2. The number of nitrogens with one attached hydrogen (secondary N) is 1. The van der Waals surface area contributed by atoms with Crippen LogP contribution in [0.4, 0.5) is 5.69 Å². The number of aliphatic carboxylic acids is 1. The zero-order valence-corrected chi connectivity index (χ0v) is 17.8. The molecule has 0 fully saturated rings. The lowest BCUT2D eigenvalue weighted by molar-refractivity contribution is -0.136. The van der Waals surface area contributed by atoms with Gasteiger partial charge < -0.3 is 15.2 Å². The maximum atomic E-state index is 12.7. The topological polar surface area (TPSA) is 75.6 Å². The minimum atomic E-state index is -0.969. The van der Waals surface area contributed by atoms with E-state index in [4.69, 9.17) is 44.6 Å². The smallest absolute Gasteiger partial charge is 0.307 e. The molecule has 0 spiro atoms. The van der Waals surface area contributed by atoms with Crippen molar-refractivity contribution in [2.24, 2.45) is 0 Å². The van der Waals surface area contributed by atoms with Crippen molar-refractivity contribution in [1.29, 1.82) is 0 Å². The molecule has 1 amide bonds. The van der Waals surface area contributed by atoms with Crippen LogP contribution in [-0.4, -0.2) is 17.0 Å². The zero-order valence-electron chi connectivity index (χ0n) is 15.5.